The van der Waals surface area contributed by atoms with Crippen molar-refractivity contribution >= 4 is 0 Å². The third-order valence-electron chi connectivity index (χ3n) is 1.98. The van der Waals surface area contributed by atoms with Gasteiger partial charge in [0.05, 0.1) is 5.69 Å². The minimum Gasteiger partial charge on any atom is -0.346 e. The van der Waals surface area contributed by atoms with Gasteiger partial charge in [-0.15, -0.1) is 0 Å². The zero-order valence-electron chi connectivity index (χ0n) is 8.44. The van der Waals surface area contributed by atoms with Gasteiger partial charge in [-0.3, -0.25) is 0 Å². The summed E-state index contributed by atoms with van der Waals surface area (Å²) in [6.45, 7) is 8.59. The lowest BCUT2D eigenvalue weighted by molar-refractivity contribution is 0.789. The fourth-order valence-electron chi connectivity index (χ4n) is 1.48. The van der Waals surface area contributed by atoms with Gasteiger partial charge in [-0.2, -0.15) is 0 Å². The van der Waals surface area contributed by atoms with E-state index in [1.807, 2.05) is 6.92 Å². The molecule has 1 rings (SSSR count). The van der Waals surface area contributed by atoms with Gasteiger partial charge in [0.15, 0.2) is 0 Å². The van der Waals surface area contributed by atoms with Crippen LogP contribution in [0.1, 0.15) is 50.3 Å². The first-order valence-electron chi connectivity index (χ1n) is 4.70. The molecular formula is C10H18N2. The highest BCUT2D eigenvalue weighted by Gasteiger charge is 2.09. The summed E-state index contributed by atoms with van der Waals surface area (Å²) in [6.07, 6.45) is 2.30. The monoisotopic (exact) mass is 166 g/mol. The highest BCUT2D eigenvalue weighted by molar-refractivity contribution is 5.17. The third kappa shape index (κ3) is 1.87. The summed E-state index contributed by atoms with van der Waals surface area (Å²) < 4.78 is 0. The van der Waals surface area contributed by atoms with Crippen molar-refractivity contribution in [2.24, 2.45) is 0 Å². The Labute approximate surface area is 74.4 Å². The third-order valence-corrected chi connectivity index (χ3v) is 1.98. The molecule has 68 valence electrons. The van der Waals surface area contributed by atoms with Gasteiger partial charge in [0.25, 0.3) is 0 Å². The maximum atomic E-state index is 4.47. The fraction of sp³-hybridized carbons (Fsp3) is 0.700. The van der Waals surface area contributed by atoms with Crippen LogP contribution in [0.15, 0.2) is 0 Å². The van der Waals surface area contributed by atoms with Crippen molar-refractivity contribution in [1.82, 2.24) is 9.97 Å². The van der Waals surface area contributed by atoms with Crippen molar-refractivity contribution in [3.63, 3.8) is 0 Å². The van der Waals surface area contributed by atoms with Gasteiger partial charge < -0.3 is 4.98 Å². The van der Waals surface area contributed by atoms with E-state index in [0.717, 1.165) is 12.2 Å². The molecule has 0 radical (unpaired) electrons. The second kappa shape index (κ2) is 3.74. The minimum atomic E-state index is 0.538. The van der Waals surface area contributed by atoms with Crippen LogP contribution in [0.3, 0.4) is 0 Å². The lowest BCUT2D eigenvalue weighted by atomic mass is 10.1. The highest BCUT2D eigenvalue weighted by atomic mass is 14.9. The Balaban J connectivity index is 2.92. The lowest BCUT2D eigenvalue weighted by Gasteiger charge is -2.03. The molecular weight excluding hydrogens is 148 g/mol. The van der Waals surface area contributed by atoms with E-state index in [4.69, 9.17) is 0 Å². The molecule has 1 aromatic heterocycles. The van der Waals surface area contributed by atoms with Gasteiger partial charge in [0, 0.05) is 5.69 Å². The molecule has 0 saturated carbocycles. The van der Waals surface area contributed by atoms with Crippen molar-refractivity contribution in [1.29, 1.82) is 0 Å². The summed E-state index contributed by atoms with van der Waals surface area (Å²) in [5.74, 6) is 1.58. The summed E-state index contributed by atoms with van der Waals surface area (Å²) in [6, 6.07) is 0. The molecule has 0 atom stereocenters. The maximum absolute atomic E-state index is 4.47. The number of aryl methyl sites for hydroxylation is 2. The summed E-state index contributed by atoms with van der Waals surface area (Å²) in [5.41, 5.74) is 2.57. The zero-order chi connectivity index (χ0) is 9.14. The van der Waals surface area contributed by atoms with Crippen molar-refractivity contribution in [3.05, 3.63) is 17.2 Å². The van der Waals surface area contributed by atoms with Crippen LogP contribution < -0.4 is 0 Å². The van der Waals surface area contributed by atoms with E-state index in [0.29, 0.717) is 5.92 Å². The molecule has 0 aliphatic rings. The first-order chi connectivity index (χ1) is 5.65. The first kappa shape index (κ1) is 9.30. The van der Waals surface area contributed by atoms with Gasteiger partial charge in [0.1, 0.15) is 5.82 Å². The van der Waals surface area contributed by atoms with Crippen LogP contribution in [-0.4, -0.2) is 9.97 Å². The summed E-state index contributed by atoms with van der Waals surface area (Å²) in [7, 11) is 0. The summed E-state index contributed by atoms with van der Waals surface area (Å²) >= 11 is 0. The van der Waals surface area contributed by atoms with Crippen LogP contribution >= 0.6 is 0 Å². The Morgan fingerprint density at radius 3 is 2.58 bits per heavy atom. The van der Waals surface area contributed by atoms with Crippen LogP contribution in [0, 0.1) is 6.92 Å². The maximum Gasteiger partial charge on any atom is 0.103 e. The van der Waals surface area contributed by atoms with E-state index in [-0.39, 0.29) is 0 Å². The van der Waals surface area contributed by atoms with Crippen molar-refractivity contribution in [2.75, 3.05) is 0 Å². The molecule has 0 spiro atoms. The number of nitrogens with one attached hydrogen (secondary N) is 1. The van der Waals surface area contributed by atoms with Crippen molar-refractivity contribution in [2.45, 2.75) is 46.5 Å². The van der Waals surface area contributed by atoms with Gasteiger partial charge >= 0.3 is 0 Å². The largest absolute Gasteiger partial charge is 0.346 e. The Hall–Kier alpha value is -0.790. The minimum absolute atomic E-state index is 0.538. The molecule has 1 aromatic rings. The number of imidazole rings is 1. The van der Waals surface area contributed by atoms with E-state index in [2.05, 4.69) is 30.7 Å². The number of aromatic amines is 1. The molecule has 0 saturated heterocycles. The summed E-state index contributed by atoms with van der Waals surface area (Å²) in [5, 5.41) is 0. The Kier molecular flexibility index (Phi) is 2.90. The zero-order valence-corrected chi connectivity index (χ0v) is 8.44. The van der Waals surface area contributed by atoms with Crippen LogP contribution in [-0.2, 0) is 6.42 Å². The second-order valence-corrected chi connectivity index (χ2v) is 3.59. The van der Waals surface area contributed by atoms with E-state index < -0.39 is 0 Å². The molecule has 0 aliphatic heterocycles. The van der Waals surface area contributed by atoms with Gasteiger partial charge in [0.2, 0.25) is 0 Å². The van der Waals surface area contributed by atoms with Crippen LogP contribution in [0.4, 0.5) is 0 Å². The predicted octanol–water partition coefficient (Wildman–Crippen LogP) is 2.79. The number of hydrogen-bond donors (Lipinski definition) is 1. The van der Waals surface area contributed by atoms with Crippen LogP contribution in [0.5, 0.6) is 0 Å². The van der Waals surface area contributed by atoms with Gasteiger partial charge in [-0.1, -0.05) is 27.2 Å². The number of rotatable bonds is 3. The van der Waals surface area contributed by atoms with Crippen LogP contribution in [0.25, 0.3) is 0 Å². The molecule has 0 aromatic carbocycles. The normalized spacial score (nSPS) is 11.1. The average Bonchev–Trinajstić information content (AvgIpc) is 2.32. The summed E-state index contributed by atoms with van der Waals surface area (Å²) in [4.78, 5) is 7.79. The number of hydrogen-bond acceptors (Lipinski definition) is 1. The molecule has 0 aliphatic carbocycles. The molecule has 12 heavy (non-hydrogen) atoms. The first-order valence-corrected chi connectivity index (χ1v) is 4.70. The molecule has 0 unspecified atom stereocenters. The van der Waals surface area contributed by atoms with E-state index >= 15 is 0 Å². The second-order valence-electron chi connectivity index (χ2n) is 3.59. The molecule has 0 bridgehead atoms. The van der Waals surface area contributed by atoms with E-state index in [1.165, 1.54) is 17.8 Å². The Bertz CT molecular complexity index is 248. The van der Waals surface area contributed by atoms with Crippen molar-refractivity contribution < 1.29 is 0 Å². The van der Waals surface area contributed by atoms with Crippen LogP contribution in [0.2, 0.25) is 0 Å². The van der Waals surface area contributed by atoms with E-state index in [9.17, 15) is 0 Å². The molecule has 1 heterocycles. The average molecular weight is 166 g/mol. The number of aromatic nitrogens is 2. The molecule has 2 heteroatoms. The van der Waals surface area contributed by atoms with E-state index in [1.54, 1.807) is 0 Å². The quantitative estimate of drug-likeness (QED) is 0.735. The molecule has 0 amide bonds. The molecule has 1 N–H and O–H groups in total. The van der Waals surface area contributed by atoms with Gasteiger partial charge in [-0.05, 0) is 19.3 Å². The predicted molar refractivity (Wildman–Crippen MR) is 51.4 cm³/mol. The Morgan fingerprint density at radius 1 is 1.42 bits per heavy atom. The molecule has 0 fully saturated rings. The van der Waals surface area contributed by atoms with Crippen molar-refractivity contribution in [3.8, 4) is 0 Å². The smallest absolute Gasteiger partial charge is 0.103 e. The topological polar surface area (TPSA) is 28.7 Å². The highest BCUT2D eigenvalue weighted by Crippen LogP contribution is 2.17. The van der Waals surface area contributed by atoms with Gasteiger partial charge in [-0.25, -0.2) is 4.98 Å². The number of H-pyrrole nitrogens is 1. The Morgan fingerprint density at radius 2 is 2.08 bits per heavy atom. The molecule has 2 nitrogen and oxygen atoms in total. The lowest BCUT2D eigenvalue weighted by Crippen LogP contribution is -1.94. The SMILES string of the molecule is CCCc1[nH]c(C)nc1C(C)C. The standard InChI is InChI=1S/C10H18N2/c1-5-6-9-10(7(2)3)12-8(4)11-9/h7H,5-6H2,1-4H3,(H,11,12). The fourth-order valence-corrected chi connectivity index (χ4v) is 1.48. The number of nitrogens with zero attached hydrogens (tertiary/aromatic N) is 1.